The van der Waals surface area contributed by atoms with Crippen LogP contribution in [-0.4, -0.2) is 38.8 Å². The molecule has 0 radical (unpaired) electrons. The second-order valence-electron chi connectivity index (χ2n) is 7.40. The summed E-state index contributed by atoms with van der Waals surface area (Å²) in [5.74, 6) is 0.885. The van der Waals surface area contributed by atoms with Crippen molar-refractivity contribution in [2.24, 2.45) is 0 Å². The fourth-order valence-electron chi connectivity index (χ4n) is 3.76. The highest BCUT2D eigenvalue weighted by Gasteiger charge is 2.16. The first kappa shape index (κ1) is 17.8. The van der Waals surface area contributed by atoms with E-state index in [0.717, 1.165) is 65.5 Å². The number of pyridine rings is 2. The molecule has 0 bridgehead atoms. The number of fused-ring (bicyclic) bond motifs is 1. The van der Waals surface area contributed by atoms with E-state index in [9.17, 15) is 0 Å². The van der Waals surface area contributed by atoms with E-state index in [-0.39, 0.29) is 0 Å². The number of ether oxygens (including phenoxy) is 1. The lowest BCUT2D eigenvalue weighted by Crippen LogP contribution is -2.27. The van der Waals surface area contributed by atoms with Crippen LogP contribution in [0, 0.1) is 6.92 Å². The van der Waals surface area contributed by atoms with E-state index in [4.69, 9.17) is 9.72 Å². The lowest BCUT2D eigenvalue weighted by Gasteiger charge is -2.24. The molecule has 1 aromatic carbocycles. The van der Waals surface area contributed by atoms with Crippen molar-refractivity contribution in [1.29, 1.82) is 0 Å². The Labute approximate surface area is 169 Å². The number of aromatic nitrogens is 4. The van der Waals surface area contributed by atoms with E-state index in [1.54, 1.807) is 6.20 Å². The molecule has 0 unspecified atom stereocenters. The third-order valence-electron chi connectivity index (χ3n) is 5.35. The summed E-state index contributed by atoms with van der Waals surface area (Å²) in [6.07, 6.45) is 7.61. The Hall–Kier alpha value is -3.25. The Balaban J connectivity index is 1.52. The summed E-state index contributed by atoms with van der Waals surface area (Å²) in [5.41, 5.74) is 6.03. The largest absolute Gasteiger partial charge is 0.382 e. The molecule has 4 heterocycles. The highest BCUT2D eigenvalue weighted by atomic mass is 16.5. The van der Waals surface area contributed by atoms with Crippen LogP contribution < -0.4 is 5.32 Å². The molecular weight excluding hydrogens is 362 g/mol. The van der Waals surface area contributed by atoms with Crippen LogP contribution in [-0.2, 0) is 4.74 Å². The minimum absolute atomic E-state index is 0.476. The lowest BCUT2D eigenvalue weighted by atomic mass is 10.1. The molecule has 1 N–H and O–H groups in total. The highest BCUT2D eigenvalue weighted by molar-refractivity contribution is 5.82. The number of rotatable bonds is 4. The minimum atomic E-state index is 0.476. The van der Waals surface area contributed by atoms with Crippen LogP contribution in [0.25, 0.3) is 28.1 Å². The molecule has 0 amide bonds. The average Bonchev–Trinajstić information content (AvgIpc) is 3.15. The van der Waals surface area contributed by atoms with Gasteiger partial charge in [0.05, 0.1) is 29.1 Å². The van der Waals surface area contributed by atoms with Gasteiger partial charge in [-0.2, -0.15) is 0 Å². The minimum Gasteiger partial charge on any atom is -0.382 e. The number of nitrogens with zero attached hydrogens (tertiary/aromatic N) is 4. The summed E-state index contributed by atoms with van der Waals surface area (Å²) in [7, 11) is 0. The number of benzene rings is 1. The normalized spacial score (nSPS) is 14.9. The Morgan fingerprint density at radius 2 is 1.83 bits per heavy atom. The second-order valence-corrected chi connectivity index (χ2v) is 7.40. The molecule has 0 atom stereocenters. The van der Waals surface area contributed by atoms with E-state index in [1.807, 2.05) is 31.5 Å². The topological polar surface area (TPSA) is 64.9 Å². The summed E-state index contributed by atoms with van der Waals surface area (Å²) in [4.78, 5) is 13.7. The number of anilines is 1. The maximum Gasteiger partial charge on any atom is 0.145 e. The number of hydrogen-bond acceptors (Lipinski definition) is 5. The molecule has 1 saturated heterocycles. The van der Waals surface area contributed by atoms with E-state index < -0.39 is 0 Å². The van der Waals surface area contributed by atoms with Crippen LogP contribution in [0.3, 0.4) is 0 Å². The molecule has 29 heavy (non-hydrogen) atoms. The maximum atomic E-state index is 5.44. The molecule has 6 nitrogen and oxygen atoms in total. The molecule has 6 heteroatoms. The molecule has 0 saturated carbocycles. The van der Waals surface area contributed by atoms with Gasteiger partial charge in [-0.15, -0.1) is 0 Å². The molecule has 1 aliphatic heterocycles. The molecule has 0 spiro atoms. The third-order valence-corrected chi connectivity index (χ3v) is 5.35. The monoisotopic (exact) mass is 385 g/mol. The van der Waals surface area contributed by atoms with Gasteiger partial charge in [0.15, 0.2) is 0 Å². The third kappa shape index (κ3) is 3.59. The van der Waals surface area contributed by atoms with Gasteiger partial charge in [-0.05, 0) is 62.2 Å². The summed E-state index contributed by atoms with van der Waals surface area (Å²) >= 11 is 0. The first-order valence-corrected chi connectivity index (χ1v) is 9.98. The predicted octanol–water partition coefficient (Wildman–Crippen LogP) is 4.38. The molecular formula is C23H23N5O. The first-order chi connectivity index (χ1) is 14.3. The summed E-state index contributed by atoms with van der Waals surface area (Å²) in [5, 5.41) is 3.61. The van der Waals surface area contributed by atoms with Crippen molar-refractivity contribution < 1.29 is 4.74 Å². The van der Waals surface area contributed by atoms with Gasteiger partial charge in [0.25, 0.3) is 0 Å². The number of aryl methyl sites for hydroxylation is 1. The molecule has 5 rings (SSSR count). The van der Waals surface area contributed by atoms with Crippen LogP contribution in [0.4, 0.5) is 5.69 Å². The van der Waals surface area contributed by atoms with Crippen molar-refractivity contribution in [2.45, 2.75) is 25.8 Å². The van der Waals surface area contributed by atoms with Crippen molar-refractivity contribution in [3.63, 3.8) is 0 Å². The molecule has 4 aromatic rings. The first-order valence-electron chi connectivity index (χ1n) is 9.98. The highest BCUT2D eigenvalue weighted by Crippen LogP contribution is 2.29. The van der Waals surface area contributed by atoms with Gasteiger partial charge in [-0.1, -0.05) is 0 Å². The molecule has 0 aliphatic carbocycles. The van der Waals surface area contributed by atoms with Crippen LogP contribution in [0.15, 0.2) is 61.1 Å². The van der Waals surface area contributed by atoms with E-state index in [1.165, 1.54) is 0 Å². The van der Waals surface area contributed by atoms with E-state index in [2.05, 4.69) is 50.2 Å². The number of nitrogens with one attached hydrogen (secondary N) is 1. The van der Waals surface area contributed by atoms with Crippen LogP contribution in [0.1, 0.15) is 18.5 Å². The summed E-state index contributed by atoms with van der Waals surface area (Å²) in [6, 6.07) is 15.0. The number of imidazole rings is 1. The van der Waals surface area contributed by atoms with Gasteiger partial charge in [0.1, 0.15) is 5.82 Å². The van der Waals surface area contributed by atoms with Crippen LogP contribution in [0.2, 0.25) is 0 Å². The Bertz CT molecular complexity index is 1110. The maximum absolute atomic E-state index is 5.44. The molecule has 1 aliphatic rings. The average molecular weight is 385 g/mol. The molecule has 146 valence electrons. The SMILES string of the molecule is Cc1ccc(-n2c(-c3ccc(NC4CCOCC4)cc3)nc3ccncc32)cn1. The Morgan fingerprint density at radius 1 is 1.00 bits per heavy atom. The lowest BCUT2D eigenvalue weighted by molar-refractivity contribution is 0.0904. The van der Waals surface area contributed by atoms with Crippen LogP contribution in [0.5, 0.6) is 0 Å². The standard InChI is InChI=1S/C23H23N5O/c1-16-2-7-20(14-25-16)28-22-15-24-11-8-21(22)27-23(28)17-3-5-18(6-4-17)26-19-9-12-29-13-10-19/h2-8,11,14-15,19,26H,9-10,12-13H2,1H3. The Morgan fingerprint density at radius 3 is 2.59 bits per heavy atom. The van der Waals surface area contributed by atoms with E-state index in [0.29, 0.717) is 6.04 Å². The quantitative estimate of drug-likeness (QED) is 0.565. The van der Waals surface area contributed by atoms with Crippen molar-refractivity contribution in [2.75, 3.05) is 18.5 Å². The van der Waals surface area contributed by atoms with Gasteiger partial charge in [0, 0.05) is 42.4 Å². The van der Waals surface area contributed by atoms with Crippen molar-refractivity contribution in [1.82, 2.24) is 19.5 Å². The van der Waals surface area contributed by atoms with Gasteiger partial charge in [0.2, 0.25) is 0 Å². The second kappa shape index (κ2) is 7.64. The number of hydrogen-bond donors (Lipinski definition) is 1. The molecule has 1 fully saturated rings. The van der Waals surface area contributed by atoms with Crippen molar-refractivity contribution in [3.05, 3.63) is 66.7 Å². The molecule has 3 aromatic heterocycles. The Kier molecular flexibility index (Phi) is 4.69. The smallest absolute Gasteiger partial charge is 0.145 e. The van der Waals surface area contributed by atoms with Crippen molar-refractivity contribution in [3.8, 4) is 17.1 Å². The zero-order chi connectivity index (χ0) is 19.6. The van der Waals surface area contributed by atoms with Gasteiger partial charge in [-0.25, -0.2) is 4.98 Å². The van der Waals surface area contributed by atoms with E-state index >= 15 is 0 Å². The fraction of sp³-hybridized carbons (Fsp3) is 0.261. The van der Waals surface area contributed by atoms with Gasteiger partial charge >= 0.3 is 0 Å². The van der Waals surface area contributed by atoms with Gasteiger partial charge < -0.3 is 10.1 Å². The summed E-state index contributed by atoms with van der Waals surface area (Å²) < 4.78 is 7.57. The zero-order valence-electron chi connectivity index (χ0n) is 16.4. The van der Waals surface area contributed by atoms with Gasteiger partial charge in [-0.3, -0.25) is 14.5 Å². The summed E-state index contributed by atoms with van der Waals surface area (Å²) in [6.45, 7) is 3.65. The van der Waals surface area contributed by atoms with Crippen LogP contribution >= 0.6 is 0 Å². The predicted molar refractivity (Wildman–Crippen MR) is 114 cm³/mol. The zero-order valence-corrected chi connectivity index (χ0v) is 16.4. The van der Waals surface area contributed by atoms with Crippen molar-refractivity contribution >= 4 is 16.7 Å². The fourth-order valence-corrected chi connectivity index (χ4v) is 3.76.